The Morgan fingerprint density at radius 2 is 2.03 bits per heavy atom. The molecule has 1 aromatic rings. The van der Waals surface area contributed by atoms with Crippen LogP contribution in [0.1, 0.15) is 5.69 Å². The van der Waals surface area contributed by atoms with Crippen molar-refractivity contribution < 1.29 is 52.7 Å². The number of amides is 2. The lowest BCUT2D eigenvalue weighted by Gasteiger charge is -2.49. The zero-order chi connectivity index (χ0) is 26.5. The number of β-lactam (4-membered cyclic amide) rings is 1. The largest absolute Gasteiger partial charge is 0.479 e. The minimum Gasteiger partial charge on any atom is -0.479 e. The van der Waals surface area contributed by atoms with E-state index in [1.165, 1.54) is 23.2 Å². The number of carboxylic acid groups (broad SMARTS) is 2. The second-order valence-electron chi connectivity index (χ2n) is 6.66. The molecule has 1 aromatic heterocycles. The number of nitrogens with zero attached hydrogens (tertiary/aromatic N) is 3. The third-order valence-electron chi connectivity index (χ3n) is 4.06. The van der Waals surface area contributed by atoms with Crippen LogP contribution >= 0.6 is 23.1 Å². The zero-order valence-electron chi connectivity index (χ0n) is 18.3. The van der Waals surface area contributed by atoms with Crippen LogP contribution in [-0.2, 0) is 34.1 Å². The van der Waals surface area contributed by atoms with Gasteiger partial charge in [-0.25, -0.2) is 14.6 Å². The van der Waals surface area contributed by atoms with Gasteiger partial charge in [0.1, 0.15) is 22.8 Å². The van der Waals surface area contributed by atoms with Crippen molar-refractivity contribution in [1.82, 2.24) is 15.2 Å². The van der Waals surface area contributed by atoms with Crippen LogP contribution in [0, 0.1) is 0 Å². The number of thiazole rings is 1. The number of nitrogens with one attached hydrogen (secondary N) is 1. The number of nitrogen functional groups attached to an aromatic ring is 1. The molecule has 0 saturated carbocycles. The summed E-state index contributed by atoms with van der Waals surface area (Å²) in [6.45, 7) is 2.77. The minimum atomic E-state index is -3.67. The van der Waals surface area contributed by atoms with E-state index < -0.39 is 51.9 Å². The first kappa shape index (κ1) is 30.5. The molecular weight excluding hydrogens is 546 g/mol. The molecule has 0 aliphatic carbocycles. The van der Waals surface area contributed by atoms with Crippen molar-refractivity contribution >= 4 is 67.8 Å². The molecular formula is C17H21N5O11S3. The Morgan fingerprint density at radius 1 is 1.42 bits per heavy atom. The average molecular weight is 568 g/mol. The number of carbonyl (C=O) groups is 4. The van der Waals surface area contributed by atoms with Gasteiger partial charge in [-0.05, 0) is 5.57 Å². The van der Waals surface area contributed by atoms with Crippen molar-refractivity contribution in [2.24, 2.45) is 5.16 Å². The number of allylic oxidation sites excluding steroid dienone is 1. The van der Waals surface area contributed by atoms with Gasteiger partial charge in [-0.2, -0.15) is 8.42 Å². The predicted molar refractivity (Wildman–Crippen MR) is 128 cm³/mol. The maximum Gasteiger partial charge on any atom is 0.352 e. The summed E-state index contributed by atoms with van der Waals surface area (Å²) < 4.78 is 25.9. The monoisotopic (exact) mass is 567 g/mol. The third kappa shape index (κ3) is 7.75. The van der Waals surface area contributed by atoms with Gasteiger partial charge in [0.2, 0.25) is 6.61 Å². The van der Waals surface area contributed by atoms with Crippen LogP contribution in [0.2, 0.25) is 0 Å². The van der Waals surface area contributed by atoms with Gasteiger partial charge < -0.3 is 31.6 Å². The van der Waals surface area contributed by atoms with Crippen LogP contribution in [0.4, 0.5) is 5.13 Å². The molecule has 2 aliphatic heterocycles. The van der Waals surface area contributed by atoms with Crippen LogP contribution in [0.5, 0.6) is 0 Å². The fourth-order valence-corrected chi connectivity index (χ4v) is 4.65. The molecule has 1 fully saturated rings. The number of carboxylic acids is 2. The number of carbonyl (C=O) groups excluding carboxylic acids is 2. The van der Waals surface area contributed by atoms with Gasteiger partial charge >= 0.3 is 11.9 Å². The van der Waals surface area contributed by atoms with Crippen LogP contribution in [0.25, 0.3) is 0 Å². The van der Waals surface area contributed by atoms with Crippen LogP contribution < -0.4 is 11.1 Å². The second-order valence-corrected chi connectivity index (χ2v) is 10.1. The highest BCUT2D eigenvalue weighted by molar-refractivity contribution is 8.00. The summed E-state index contributed by atoms with van der Waals surface area (Å²) in [4.78, 5) is 57.1. The number of nitrogens with two attached hydrogens (primary N) is 1. The van der Waals surface area contributed by atoms with Gasteiger partial charge in [-0.1, -0.05) is 17.8 Å². The number of fused-ring (bicyclic) bond motifs is 1. The van der Waals surface area contributed by atoms with Gasteiger partial charge in [0.25, 0.3) is 21.9 Å². The Labute approximate surface area is 211 Å². The zero-order valence-corrected chi connectivity index (χ0v) is 20.7. The highest BCUT2D eigenvalue weighted by atomic mass is 32.2. The smallest absolute Gasteiger partial charge is 0.352 e. The molecule has 0 unspecified atom stereocenters. The number of rotatable bonds is 8. The van der Waals surface area contributed by atoms with Gasteiger partial charge in [0.05, 0.1) is 6.26 Å². The number of hydrogen-bond acceptors (Lipinski definition) is 12. The summed E-state index contributed by atoms with van der Waals surface area (Å²) in [5.41, 5.74) is 5.48. The maximum absolute atomic E-state index is 12.7. The quantitative estimate of drug-likeness (QED) is 0.0998. The van der Waals surface area contributed by atoms with E-state index in [-0.39, 0.29) is 27.7 Å². The summed E-state index contributed by atoms with van der Waals surface area (Å²) in [6.07, 6.45) is 2.09. The summed E-state index contributed by atoms with van der Waals surface area (Å²) in [6, 6.07) is -1.01. The Morgan fingerprint density at radius 3 is 2.50 bits per heavy atom. The van der Waals surface area contributed by atoms with Gasteiger partial charge in [0, 0.05) is 11.1 Å². The molecule has 2 atom stereocenters. The van der Waals surface area contributed by atoms with Gasteiger partial charge in [0.15, 0.2) is 10.8 Å². The Balaban J connectivity index is 0.000000983. The Kier molecular flexibility index (Phi) is 10.5. The maximum atomic E-state index is 12.7. The first-order valence-corrected chi connectivity index (χ1v) is 12.9. The molecule has 1 saturated heterocycles. The Hall–Kier alpha value is -3.52. The van der Waals surface area contributed by atoms with Gasteiger partial charge in [-0.3, -0.25) is 19.0 Å². The molecule has 0 aromatic carbocycles. The van der Waals surface area contributed by atoms with E-state index >= 15 is 0 Å². The number of thioether (sulfide) groups is 1. The molecule has 19 heteroatoms. The van der Waals surface area contributed by atoms with Crippen molar-refractivity contribution in [3.8, 4) is 0 Å². The summed E-state index contributed by atoms with van der Waals surface area (Å²) in [5, 5.41) is 25.0. The van der Waals surface area contributed by atoms with E-state index in [9.17, 15) is 32.7 Å². The second kappa shape index (κ2) is 12.4. The Bertz CT molecular complexity index is 1220. The predicted octanol–water partition coefficient (Wildman–Crippen LogP) is -1.87. The number of anilines is 1. The number of hydrogen-bond donors (Lipinski definition) is 5. The van der Waals surface area contributed by atoms with Crippen molar-refractivity contribution in [3.05, 3.63) is 35.0 Å². The summed E-state index contributed by atoms with van der Waals surface area (Å²) in [7, 11) is -3.67. The molecule has 2 amide bonds. The standard InChI is InChI=1S/C16H15N5O7S2.CH4O3S.H2O/c1-2-6-4-29-14-10(13(25)21(14)11(6)15(26)27)19-12(24)9(20-28-3-8(22)23)7-5-30-16(17)18-7;1-5(2,3)4;/h2,5,10,14H,1,3-4H2,(H2,17,18)(H,19,24)(H,22,23)(H,26,27);1H3,(H,2,3,4);1H2/b20-9-;;/t10-,14-;;/m1../s1. The van der Waals surface area contributed by atoms with E-state index in [2.05, 4.69) is 26.9 Å². The van der Waals surface area contributed by atoms with E-state index in [1.807, 2.05) is 0 Å². The van der Waals surface area contributed by atoms with Crippen LogP contribution in [0.15, 0.2) is 34.5 Å². The number of oxime groups is 1. The first-order chi connectivity index (χ1) is 16.2. The van der Waals surface area contributed by atoms with Gasteiger partial charge in [-0.15, -0.1) is 23.1 Å². The fourth-order valence-electron chi connectivity index (χ4n) is 2.76. The van der Waals surface area contributed by atoms with Crippen LogP contribution in [-0.4, -0.2) is 98.0 Å². The normalized spacial score (nSPS) is 19.0. The molecule has 0 radical (unpaired) electrons. The molecule has 2 aliphatic rings. The number of aliphatic carboxylic acids is 2. The highest BCUT2D eigenvalue weighted by Crippen LogP contribution is 2.40. The van der Waals surface area contributed by atoms with Crippen molar-refractivity contribution in [2.75, 3.05) is 24.3 Å². The SMILES string of the molecule is C=CC1=C(C(=O)O)N2C(=O)[C@@H](NC(=O)/C(=N\OCC(=O)O)c3csc(N)n3)[C@H]2SC1.CS(=O)(=O)O.O. The fraction of sp³-hybridized carbons (Fsp3) is 0.294. The highest BCUT2D eigenvalue weighted by Gasteiger charge is 2.54. The van der Waals surface area contributed by atoms with Crippen molar-refractivity contribution in [2.45, 2.75) is 11.4 Å². The molecule has 36 heavy (non-hydrogen) atoms. The molecule has 0 bridgehead atoms. The lowest BCUT2D eigenvalue weighted by Crippen LogP contribution is -2.71. The third-order valence-corrected chi connectivity index (χ3v) is 6.03. The topological polar surface area (TPSA) is 270 Å². The number of aromatic nitrogens is 1. The van der Waals surface area contributed by atoms with E-state index in [0.717, 1.165) is 16.2 Å². The van der Waals surface area contributed by atoms with E-state index in [0.29, 0.717) is 17.6 Å². The average Bonchev–Trinajstić information content (AvgIpc) is 3.17. The molecule has 3 rings (SSSR count). The van der Waals surface area contributed by atoms with E-state index in [1.54, 1.807) is 0 Å². The lowest BCUT2D eigenvalue weighted by atomic mass is 10.0. The molecule has 16 nitrogen and oxygen atoms in total. The van der Waals surface area contributed by atoms with Crippen LogP contribution in [0.3, 0.4) is 0 Å². The summed E-state index contributed by atoms with van der Waals surface area (Å²) in [5.74, 6) is -3.72. The molecule has 0 spiro atoms. The molecule has 8 N–H and O–H groups in total. The molecule has 3 heterocycles. The van der Waals surface area contributed by atoms with Crippen molar-refractivity contribution in [1.29, 1.82) is 0 Å². The summed E-state index contributed by atoms with van der Waals surface area (Å²) >= 11 is 2.30. The lowest BCUT2D eigenvalue weighted by molar-refractivity contribution is -0.150. The molecule has 198 valence electrons. The first-order valence-electron chi connectivity index (χ1n) is 9.14. The van der Waals surface area contributed by atoms with Crippen molar-refractivity contribution in [3.63, 3.8) is 0 Å². The minimum absolute atomic E-state index is 0. The van der Waals surface area contributed by atoms with E-state index in [4.69, 9.17) is 15.4 Å².